The summed E-state index contributed by atoms with van der Waals surface area (Å²) >= 11 is 0. The molecule has 1 unspecified atom stereocenters. The highest BCUT2D eigenvalue weighted by molar-refractivity contribution is 5.92. The molecule has 0 saturated carbocycles. The predicted molar refractivity (Wildman–Crippen MR) is 124 cm³/mol. The minimum Gasteiger partial charge on any atom is -0.497 e. The van der Waals surface area contributed by atoms with Crippen LogP contribution >= 0.6 is 0 Å². The molecule has 2 rings (SSSR count). The molecule has 1 aromatic heterocycles. The zero-order valence-corrected chi connectivity index (χ0v) is 19.6. The fourth-order valence-corrected chi connectivity index (χ4v) is 3.32. The first kappa shape index (κ1) is 24.3. The summed E-state index contributed by atoms with van der Waals surface area (Å²) in [5, 5.41) is 2.90. The zero-order valence-electron chi connectivity index (χ0n) is 19.6. The molecular weight excluding hydrogens is 392 g/mol. The molecule has 0 aliphatic rings. The Bertz CT molecular complexity index is 845. The molecule has 0 bridgehead atoms. The number of methoxy groups -OCH3 is 1. The number of hydrogen-bond acceptors (Lipinski definition) is 3. The fourth-order valence-electron chi connectivity index (χ4n) is 3.32. The van der Waals surface area contributed by atoms with Gasteiger partial charge in [-0.25, -0.2) is 4.79 Å². The molecule has 1 N–H and O–H groups in total. The number of amides is 3. The van der Waals surface area contributed by atoms with E-state index in [1.165, 1.54) is 0 Å². The number of rotatable bonds is 10. The van der Waals surface area contributed by atoms with Crippen molar-refractivity contribution < 1.29 is 14.3 Å². The first-order chi connectivity index (χ1) is 14.7. The molecule has 31 heavy (non-hydrogen) atoms. The normalized spacial score (nSPS) is 11.8. The van der Waals surface area contributed by atoms with Crippen LogP contribution in [0.5, 0.6) is 5.75 Å². The van der Waals surface area contributed by atoms with Gasteiger partial charge in [0, 0.05) is 37.2 Å². The highest BCUT2D eigenvalue weighted by Gasteiger charge is 2.25. The van der Waals surface area contributed by atoms with Crippen LogP contribution in [0.1, 0.15) is 39.8 Å². The molecular formula is C24H36N4O3. The Morgan fingerprint density at radius 2 is 1.81 bits per heavy atom. The van der Waals surface area contributed by atoms with E-state index in [0.29, 0.717) is 24.7 Å². The van der Waals surface area contributed by atoms with Crippen LogP contribution in [-0.4, -0.2) is 52.5 Å². The third kappa shape index (κ3) is 7.05. The van der Waals surface area contributed by atoms with Gasteiger partial charge in [0.05, 0.1) is 13.7 Å². The number of benzene rings is 1. The van der Waals surface area contributed by atoms with Crippen LogP contribution in [0.3, 0.4) is 0 Å². The third-order valence-corrected chi connectivity index (χ3v) is 5.37. The topological polar surface area (TPSA) is 66.8 Å². The minimum atomic E-state index is -0.281. The fraction of sp³-hybridized carbons (Fsp3) is 0.500. The standard InChI is InChI=1S/C24H36N4O3/c1-7-19(4)28(24(30)25-20-10-12-22(31-6)13-11-20)17-23(29)27(15-18(2)3)16-21-9-8-14-26(21)5/h8-14,18-19H,7,15-17H2,1-6H3,(H,25,30). The van der Waals surface area contributed by atoms with Crippen LogP contribution in [0.4, 0.5) is 10.5 Å². The lowest BCUT2D eigenvalue weighted by Crippen LogP contribution is -2.48. The van der Waals surface area contributed by atoms with Gasteiger partial charge in [0.15, 0.2) is 0 Å². The van der Waals surface area contributed by atoms with E-state index in [0.717, 1.165) is 17.9 Å². The maximum atomic E-state index is 13.3. The number of carbonyl (C=O) groups is 2. The van der Waals surface area contributed by atoms with Crippen LogP contribution in [0.25, 0.3) is 0 Å². The first-order valence-corrected chi connectivity index (χ1v) is 10.8. The lowest BCUT2D eigenvalue weighted by molar-refractivity contribution is -0.133. The van der Waals surface area contributed by atoms with E-state index in [1.54, 1.807) is 36.3 Å². The maximum absolute atomic E-state index is 13.3. The van der Waals surface area contributed by atoms with Crippen molar-refractivity contribution in [1.82, 2.24) is 14.4 Å². The van der Waals surface area contributed by atoms with Crippen molar-refractivity contribution >= 4 is 17.6 Å². The second kappa shape index (κ2) is 11.4. The van der Waals surface area contributed by atoms with Crippen molar-refractivity contribution in [3.8, 4) is 5.75 Å². The Hall–Kier alpha value is -2.96. The molecule has 0 saturated heterocycles. The number of aromatic nitrogens is 1. The number of hydrogen-bond donors (Lipinski definition) is 1. The zero-order chi connectivity index (χ0) is 23.0. The van der Waals surface area contributed by atoms with Crippen molar-refractivity contribution in [2.45, 2.75) is 46.7 Å². The number of urea groups is 1. The summed E-state index contributed by atoms with van der Waals surface area (Å²) in [4.78, 5) is 29.8. The van der Waals surface area contributed by atoms with Crippen molar-refractivity contribution in [2.24, 2.45) is 13.0 Å². The number of nitrogens with one attached hydrogen (secondary N) is 1. The smallest absolute Gasteiger partial charge is 0.322 e. The monoisotopic (exact) mass is 428 g/mol. The van der Waals surface area contributed by atoms with Gasteiger partial charge in [-0.05, 0) is 55.7 Å². The number of carbonyl (C=O) groups excluding carboxylic acids is 2. The van der Waals surface area contributed by atoms with E-state index in [2.05, 4.69) is 19.2 Å². The van der Waals surface area contributed by atoms with Crippen molar-refractivity contribution in [2.75, 3.05) is 25.5 Å². The van der Waals surface area contributed by atoms with E-state index < -0.39 is 0 Å². The van der Waals surface area contributed by atoms with Gasteiger partial charge in [-0.3, -0.25) is 4.79 Å². The molecule has 0 aliphatic carbocycles. The molecule has 0 aliphatic heterocycles. The number of anilines is 1. The average molecular weight is 429 g/mol. The first-order valence-electron chi connectivity index (χ1n) is 10.8. The average Bonchev–Trinajstić information content (AvgIpc) is 3.15. The highest BCUT2D eigenvalue weighted by atomic mass is 16.5. The minimum absolute atomic E-state index is 0.0359. The SMILES string of the molecule is CCC(C)N(CC(=O)N(Cc1cccn1C)CC(C)C)C(=O)Nc1ccc(OC)cc1. The van der Waals surface area contributed by atoms with Crippen molar-refractivity contribution in [3.05, 3.63) is 48.3 Å². The van der Waals surface area contributed by atoms with Gasteiger partial charge in [0.25, 0.3) is 0 Å². The summed E-state index contributed by atoms with van der Waals surface area (Å²) in [7, 11) is 3.57. The maximum Gasteiger partial charge on any atom is 0.322 e. The molecule has 2 aromatic rings. The summed E-state index contributed by atoms with van der Waals surface area (Å²) < 4.78 is 7.18. The quantitative estimate of drug-likeness (QED) is 0.612. The van der Waals surface area contributed by atoms with Crippen LogP contribution < -0.4 is 10.1 Å². The number of ether oxygens (including phenoxy) is 1. The number of aryl methyl sites for hydroxylation is 1. The molecule has 3 amide bonds. The summed E-state index contributed by atoms with van der Waals surface area (Å²) in [6.07, 6.45) is 2.73. The van der Waals surface area contributed by atoms with Gasteiger partial charge in [-0.1, -0.05) is 20.8 Å². The van der Waals surface area contributed by atoms with E-state index in [1.807, 2.05) is 48.7 Å². The second-order valence-electron chi connectivity index (χ2n) is 8.32. The molecule has 0 fully saturated rings. The van der Waals surface area contributed by atoms with E-state index in [-0.39, 0.29) is 24.5 Å². The van der Waals surface area contributed by atoms with Gasteiger partial charge >= 0.3 is 6.03 Å². The Morgan fingerprint density at radius 1 is 1.13 bits per heavy atom. The van der Waals surface area contributed by atoms with Crippen LogP contribution in [0, 0.1) is 5.92 Å². The van der Waals surface area contributed by atoms with Gasteiger partial charge in [0.2, 0.25) is 5.91 Å². The van der Waals surface area contributed by atoms with Crippen LogP contribution in [0.2, 0.25) is 0 Å². The van der Waals surface area contributed by atoms with Gasteiger partial charge in [-0.2, -0.15) is 0 Å². The molecule has 7 nitrogen and oxygen atoms in total. The Morgan fingerprint density at radius 3 is 2.32 bits per heavy atom. The van der Waals surface area contributed by atoms with E-state index in [4.69, 9.17) is 4.74 Å². The van der Waals surface area contributed by atoms with Gasteiger partial charge in [-0.15, -0.1) is 0 Å². The van der Waals surface area contributed by atoms with Crippen LogP contribution in [-0.2, 0) is 18.4 Å². The number of nitrogens with zero attached hydrogens (tertiary/aromatic N) is 3. The van der Waals surface area contributed by atoms with Gasteiger partial charge in [0.1, 0.15) is 12.3 Å². The summed E-state index contributed by atoms with van der Waals surface area (Å²) in [6.45, 7) is 9.35. The molecule has 1 atom stereocenters. The Labute approximate surface area is 186 Å². The van der Waals surface area contributed by atoms with E-state index >= 15 is 0 Å². The van der Waals surface area contributed by atoms with Gasteiger partial charge < -0.3 is 24.4 Å². The molecule has 1 heterocycles. The largest absolute Gasteiger partial charge is 0.497 e. The summed E-state index contributed by atoms with van der Waals surface area (Å²) in [5.41, 5.74) is 1.72. The molecule has 0 spiro atoms. The highest BCUT2D eigenvalue weighted by Crippen LogP contribution is 2.17. The third-order valence-electron chi connectivity index (χ3n) is 5.37. The molecule has 170 valence electrons. The molecule has 1 aromatic carbocycles. The molecule has 0 radical (unpaired) electrons. The summed E-state index contributed by atoms with van der Waals surface area (Å²) in [5.74, 6) is 0.992. The second-order valence-corrected chi connectivity index (χ2v) is 8.32. The Kier molecular flexibility index (Phi) is 8.97. The lowest BCUT2D eigenvalue weighted by Gasteiger charge is -2.32. The predicted octanol–water partition coefficient (Wildman–Crippen LogP) is 4.35. The lowest BCUT2D eigenvalue weighted by atomic mass is 10.2. The Balaban J connectivity index is 2.14. The van der Waals surface area contributed by atoms with Crippen molar-refractivity contribution in [1.29, 1.82) is 0 Å². The summed E-state index contributed by atoms with van der Waals surface area (Å²) in [6, 6.07) is 10.8. The molecule has 7 heteroatoms. The van der Waals surface area contributed by atoms with Crippen LogP contribution in [0.15, 0.2) is 42.6 Å². The van der Waals surface area contributed by atoms with E-state index in [9.17, 15) is 9.59 Å². The van der Waals surface area contributed by atoms with Crippen molar-refractivity contribution in [3.63, 3.8) is 0 Å².